The third-order valence-corrected chi connectivity index (χ3v) is 4.32. The average Bonchev–Trinajstić information content (AvgIpc) is 2.85. The number of carbonyl (C=O) groups is 1. The molecule has 1 aromatic carbocycles. The van der Waals surface area contributed by atoms with Crippen molar-refractivity contribution in [3.05, 3.63) is 28.7 Å². The Balaban J connectivity index is 0.00000312. The number of rotatable bonds is 8. The summed E-state index contributed by atoms with van der Waals surface area (Å²) in [6, 6.07) is 4.59. The number of hydrogen-bond acceptors (Lipinski definition) is 6. The van der Waals surface area contributed by atoms with Crippen molar-refractivity contribution in [2.24, 2.45) is 5.73 Å². The lowest BCUT2D eigenvalue weighted by Crippen LogP contribution is -2.36. The Morgan fingerprint density at radius 3 is 2.80 bits per heavy atom. The number of nitrogens with one attached hydrogen (secondary N) is 1. The SMILES string of the molecule is CSCC[C@H](N)C(=O)Nc1ccc2oc(=O)n(CCN(C)C)c2c1.Cl. The summed E-state index contributed by atoms with van der Waals surface area (Å²) >= 11 is 1.65. The Morgan fingerprint density at radius 2 is 2.16 bits per heavy atom. The second-order valence-corrected chi connectivity index (χ2v) is 6.87. The van der Waals surface area contributed by atoms with E-state index in [9.17, 15) is 9.59 Å². The normalized spacial score (nSPS) is 12.2. The predicted octanol–water partition coefficient (Wildman–Crippen LogP) is 1.60. The molecule has 1 atom stereocenters. The lowest BCUT2D eigenvalue weighted by atomic mass is 10.2. The molecular weight excluding hydrogens is 364 g/mol. The number of thioether (sulfide) groups is 1. The first-order chi connectivity index (χ1) is 11.4. The van der Waals surface area contributed by atoms with Crippen LogP contribution >= 0.6 is 24.2 Å². The summed E-state index contributed by atoms with van der Waals surface area (Å²) in [4.78, 5) is 26.1. The lowest BCUT2D eigenvalue weighted by Gasteiger charge is -2.12. The highest BCUT2D eigenvalue weighted by molar-refractivity contribution is 7.98. The Morgan fingerprint density at radius 1 is 1.44 bits per heavy atom. The zero-order chi connectivity index (χ0) is 17.7. The molecular formula is C16H25ClN4O3S. The number of anilines is 1. The number of nitrogens with zero attached hydrogens (tertiary/aromatic N) is 2. The van der Waals surface area contributed by atoms with E-state index >= 15 is 0 Å². The number of nitrogens with two attached hydrogens (primary N) is 1. The molecule has 0 fully saturated rings. The van der Waals surface area contributed by atoms with Crippen molar-refractivity contribution >= 4 is 46.9 Å². The van der Waals surface area contributed by atoms with Crippen LogP contribution in [0.25, 0.3) is 11.1 Å². The first-order valence-electron chi connectivity index (χ1n) is 7.76. The van der Waals surface area contributed by atoms with Crippen LogP contribution in [0.4, 0.5) is 5.69 Å². The Bertz CT molecular complexity index is 759. The second-order valence-electron chi connectivity index (χ2n) is 5.88. The average molecular weight is 389 g/mol. The van der Waals surface area contributed by atoms with Crippen molar-refractivity contribution < 1.29 is 9.21 Å². The number of aromatic nitrogens is 1. The Hall–Kier alpha value is -1.48. The van der Waals surface area contributed by atoms with Crippen molar-refractivity contribution in [1.29, 1.82) is 0 Å². The number of halogens is 1. The van der Waals surface area contributed by atoms with Crippen LogP contribution in [0.2, 0.25) is 0 Å². The molecule has 25 heavy (non-hydrogen) atoms. The molecule has 7 nitrogen and oxygen atoms in total. The summed E-state index contributed by atoms with van der Waals surface area (Å²) in [6.07, 6.45) is 2.60. The molecule has 0 saturated carbocycles. The maximum atomic E-state index is 12.1. The predicted molar refractivity (Wildman–Crippen MR) is 106 cm³/mol. The Kier molecular flexibility index (Phi) is 8.51. The van der Waals surface area contributed by atoms with Gasteiger partial charge in [0, 0.05) is 18.8 Å². The molecule has 0 bridgehead atoms. The minimum atomic E-state index is -0.548. The number of amides is 1. The minimum Gasteiger partial charge on any atom is -0.408 e. The standard InChI is InChI=1S/C16H24N4O3S.ClH/c1-19(2)7-8-20-13-10-11(4-5-14(13)23-16(20)22)18-15(21)12(17)6-9-24-3;/h4-5,10,12H,6-9,17H2,1-3H3,(H,18,21);1H/t12-;/m0./s1. The van der Waals surface area contributed by atoms with Gasteiger partial charge in [-0.2, -0.15) is 11.8 Å². The van der Waals surface area contributed by atoms with E-state index in [0.29, 0.717) is 36.3 Å². The molecule has 0 radical (unpaired) electrons. The number of oxazole rings is 1. The third-order valence-electron chi connectivity index (χ3n) is 3.68. The van der Waals surface area contributed by atoms with E-state index in [1.54, 1.807) is 34.5 Å². The molecule has 0 unspecified atom stereocenters. The minimum absolute atomic E-state index is 0. The lowest BCUT2D eigenvalue weighted by molar-refractivity contribution is -0.117. The number of likely N-dealkylation sites (N-methyl/N-ethyl adjacent to an activating group) is 1. The van der Waals surface area contributed by atoms with Crippen LogP contribution in [0.1, 0.15) is 6.42 Å². The molecule has 140 valence electrons. The zero-order valence-corrected chi connectivity index (χ0v) is 16.3. The number of hydrogen-bond donors (Lipinski definition) is 2. The quantitative estimate of drug-likeness (QED) is 0.713. The molecule has 0 aliphatic rings. The zero-order valence-electron chi connectivity index (χ0n) is 14.7. The van der Waals surface area contributed by atoms with Gasteiger partial charge in [0.25, 0.3) is 0 Å². The van der Waals surface area contributed by atoms with Gasteiger partial charge in [-0.3, -0.25) is 9.36 Å². The molecule has 0 aliphatic heterocycles. The van der Waals surface area contributed by atoms with Gasteiger partial charge in [0.05, 0.1) is 11.6 Å². The fourth-order valence-electron chi connectivity index (χ4n) is 2.26. The van der Waals surface area contributed by atoms with E-state index in [-0.39, 0.29) is 18.3 Å². The van der Waals surface area contributed by atoms with E-state index in [4.69, 9.17) is 10.2 Å². The molecule has 0 aliphatic carbocycles. The van der Waals surface area contributed by atoms with Gasteiger partial charge in [0.2, 0.25) is 5.91 Å². The monoisotopic (exact) mass is 388 g/mol. The maximum Gasteiger partial charge on any atom is 0.419 e. The molecule has 9 heteroatoms. The molecule has 1 amide bonds. The van der Waals surface area contributed by atoms with Gasteiger partial charge in [-0.1, -0.05) is 0 Å². The number of carbonyl (C=O) groups excluding carboxylic acids is 1. The van der Waals surface area contributed by atoms with E-state index in [1.807, 2.05) is 25.3 Å². The molecule has 2 rings (SSSR count). The van der Waals surface area contributed by atoms with Crippen LogP contribution in [-0.4, -0.2) is 54.1 Å². The van der Waals surface area contributed by atoms with Crippen molar-refractivity contribution in [1.82, 2.24) is 9.47 Å². The molecule has 3 N–H and O–H groups in total. The molecule has 0 spiro atoms. The first-order valence-corrected chi connectivity index (χ1v) is 9.15. The highest BCUT2D eigenvalue weighted by Gasteiger charge is 2.15. The van der Waals surface area contributed by atoms with Gasteiger partial charge in [0.15, 0.2) is 5.58 Å². The van der Waals surface area contributed by atoms with Crippen LogP contribution in [0.5, 0.6) is 0 Å². The van der Waals surface area contributed by atoms with Gasteiger partial charge < -0.3 is 20.4 Å². The summed E-state index contributed by atoms with van der Waals surface area (Å²) in [7, 11) is 3.88. The van der Waals surface area contributed by atoms with Gasteiger partial charge >= 0.3 is 5.76 Å². The molecule has 0 saturated heterocycles. The van der Waals surface area contributed by atoms with Crippen LogP contribution in [0, 0.1) is 0 Å². The van der Waals surface area contributed by atoms with Crippen LogP contribution in [0.3, 0.4) is 0 Å². The fourth-order valence-corrected chi connectivity index (χ4v) is 2.75. The van der Waals surface area contributed by atoms with Crippen LogP contribution in [0.15, 0.2) is 27.4 Å². The highest BCUT2D eigenvalue weighted by atomic mass is 35.5. The van der Waals surface area contributed by atoms with Crippen molar-refractivity contribution in [3.8, 4) is 0 Å². The summed E-state index contributed by atoms with van der Waals surface area (Å²) in [5.41, 5.74) is 7.64. The highest BCUT2D eigenvalue weighted by Crippen LogP contribution is 2.19. The van der Waals surface area contributed by atoms with E-state index < -0.39 is 11.8 Å². The van der Waals surface area contributed by atoms with Crippen molar-refractivity contribution in [2.75, 3.05) is 38.0 Å². The fraction of sp³-hybridized carbons (Fsp3) is 0.500. The van der Waals surface area contributed by atoms with E-state index in [1.165, 1.54) is 0 Å². The van der Waals surface area contributed by atoms with Crippen molar-refractivity contribution in [2.45, 2.75) is 19.0 Å². The molecule has 1 aromatic heterocycles. The van der Waals surface area contributed by atoms with Gasteiger partial charge in [-0.15, -0.1) is 12.4 Å². The second kappa shape index (κ2) is 9.86. The molecule has 2 aromatic rings. The number of fused-ring (bicyclic) bond motifs is 1. The largest absolute Gasteiger partial charge is 0.419 e. The van der Waals surface area contributed by atoms with Gasteiger partial charge in [-0.25, -0.2) is 4.79 Å². The smallest absolute Gasteiger partial charge is 0.408 e. The summed E-state index contributed by atoms with van der Waals surface area (Å²) < 4.78 is 6.81. The summed E-state index contributed by atoms with van der Waals surface area (Å²) in [5.74, 6) is 0.209. The number of benzene rings is 1. The summed E-state index contributed by atoms with van der Waals surface area (Å²) in [5, 5.41) is 2.80. The topological polar surface area (TPSA) is 93.5 Å². The Labute approximate surface area is 157 Å². The third kappa shape index (κ3) is 5.78. The first kappa shape index (κ1) is 21.6. The molecule has 1 heterocycles. The van der Waals surface area contributed by atoms with Crippen molar-refractivity contribution in [3.63, 3.8) is 0 Å². The summed E-state index contributed by atoms with van der Waals surface area (Å²) in [6.45, 7) is 1.23. The van der Waals surface area contributed by atoms with E-state index in [0.717, 1.165) is 5.75 Å². The van der Waals surface area contributed by atoms with E-state index in [2.05, 4.69) is 5.32 Å². The van der Waals surface area contributed by atoms with Crippen LogP contribution < -0.4 is 16.8 Å². The van der Waals surface area contributed by atoms with Gasteiger partial charge in [0.1, 0.15) is 0 Å². The van der Waals surface area contributed by atoms with Crippen LogP contribution in [-0.2, 0) is 11.3 Å². The maximum absolute atomic E-state index is 12.1. The van der Waals surface area contributed by atoms with Gasteiger partial charge in [-0.05, 0) is 50.7 Å².